The van der Waals surface area contributed by atoms with Gasteiger partial charge in [-0.2, -0.15) is 4.31 Å². The summed E-state index contributed by atoms with van der Waals surface area (Å²) in [6.45, 7) is 0.876. The van der Waals surface area contributed by atoms with E-state index in [1.807, 2.05) is 24.3 Å². The van der Waals surface area contributed by atoms with E-state index >= 15 is 0 Å². The number of carbonyl (C=O) groups is 1. The minimum Gasteiger partial charge on any atom is -0.329 e. The number of anilines is 1. The van der Waals surface area contributed by atoms with Crippen molar-refractivity contribution in [3.63, 3.8) is 0 Å². The van der Waals surface area contributed by atoms with Crippen LogP contribution < -0.4 is 5.32 Å². The molecule has 0 unspecified atom stereocenters. The quantitative estimate of drug-likeness (QED) is 0.877. The van der Waals surface area contributed by atoms with E-state index in [-0.39, 0.29) is 4.90 Å². The average molecular weight is 316 g/mol. The SMILES string of the molecule is O=CNc1ccc(S(=O)(=O)N2CCc3ccccc3C2)cc1. The maximum Gasteiger partial charge on any atom is 0.243 e. The highest BCUT2D eigenvalue weighted by Crippen LogP contribution is 2.25. The molecule has 1 aliphatic rings. The van der Waals surface area contributed by atoms with Gasteiger partial charge in [0.25, 0.3) is 0 Å². The first-order chi connectivity index (χ1) is 10.6. The number of sulfonamides is 1. The first-order valence-electron chi connectivity index (χ1n) is 6.98. The van der Waals surface area contributed by atoms with Crippen LogP contribution in [0.4, 0.5) is 5.69 Å². The number of fused-ring (bicyclic) bond motifs is 1. The summed E-state index contributed by atoms with van der Waals surface area (Å²) >= 11 is 0. The van der Waals surface area contributed by atoms with Gasteiger partial charge < -0.3 is 5.32 Å². The standard InChI is InChI=1S/C16H16N2O3S/c19-12-17-15-5-7-16(8-6-15)22(20,21)18-10-9-13-3-1-2-4-14(13)11-18/h1-8,12H,9-11H2,(H,17,19). The predicted molar refractivity (Wildman–Crippen MR) is 83.9 cm³/mol. The van der Waals surface area contributed by atoms with Gasteiger partial charge in [-0.25, -0.2) is 8.42 Å². The van der Waals surface area contributed by atoms with Crippen molar-refractivity contribution in [2.24, 2.45) is 0 Å². The maximum absolute atomic E-state index is 12.7. The van der Waals surface area contributed by atoms with Crippen LogP contribution in [0.2, 0.25) is 0 Å². The Bertz CT molecular complexity index is 785. The van der Waals surface area contributed by atoms with E-state index in [9.17, 15) is 13.2 Å². The van der Waals surface area contributed by atoms with E-state index < -0.39 is 10.0 Å². The van der Waals surface area contributed by atoms with Crippen molar-refractivity contribution >= 4 is 22.1 Å². The first kappa shape index (κ1) is 14.7. The third-order valence-electron chi connectivity index (χ3n) is 3.81. The molecule has 0 aromatic heterocycles. The van der Waals surface area contributed by atoms with Crippen LogP contribution in [0.15, 0.2) is 53.4 Å². The molecule has 0 aliphatic carbocycles. The van der Waals surface area contributed by atoms with E-state index in [1.54, 1.807) is 12.1 Å². The average Bonchev–Trinajstić information content (AvgIpc) is 2.55. The smallest absolute Gasteiger partial charge is 0.243 e. The fraction of sp³-hybridized carbons (Fsp3) is 0.188. The minimum atomic E-state index is -3.52. The van der Waals surface area contributed by atoms with Gasteiger partial charge in [-0.05, 0) is 41.8 Å². The molecule has 0 atom stereocenters. The summed E-state index contributed by atoms with van der Waals surface area (Å²) in [5, 5.41) is 2.49. The second kappa shape index (κ2) is 5.90. The summed E-state index contributed by atoms with van der Waals surface area (Å²) in [5.74, 6) is 0. The molecule has 0 bridgehead atoms. The number of benzene rings is 2. The van der Waals surface area contributed by atoms with Crippen molar-refractivity contribution in [2.45, 2.75) is 17.9 Å². The third-order valence-corrected chi connectivity index (χ3v) is 5.67. The lowest BCUT2D eigenvalue weighted by Crippen LogP contribution is -2.35. The lowest BCUT2D eigenvalue weighted by molar-refractivity contribution is -0.105. The molecule has 0 radical (unpaired) electrons. The Kier molecular flexibility index (Phi) is 3.96. The van der Waals surface area contributed by atoms with Gasteiger partial charge in [0.1, 0.15) is 0 Å². The molecule has 114 valence electrons. The molecule has 1 aliphatic heterocycles. The van der Waals surface area contributed by atoms with Gasteiger partial charge in [-0.1, -0.05) is 24.3 Å². The summed E-state index contributed by atoms with van der Waals surface area (Å²) in [6.07, 6.45) is 1.28. The summed E-state index contributed by atoms with van der Waals surface area (Å²) in [7, 11) is -3.52. The molecule has 0 spiro atoms. The van der Waals surface area contributed by atoms with E-state index in [2.05, 4.69) is 5.32 Å². The number of carbonyl (C=O) groups excluding carboxylic acids is 1. The number of rotatable bonds is 4. The van der Waals surface area contributed by atoms with Crippen LogP contribution in [0.25, 0.3) is 0 Å². The van der Waals surface area contributed by atoms with Gasteiger partial charge in [0.2, 0.25) is 16.4 Å². The second-order valence-corrected chi connectivity index (χ2v) is 7.08. The third kappa shape index (κ3) is 2.75. The monoisotopic (exact) mass is 316 g/mol. The zero-order valence-electron chi connectivity index (χ0n) is 11.9. The lowest BCUT2D eigenvalue weighted by Gasteiger charge is -2.28. The number of nitrogens with one attached hydrogen (secondary N) is 1. The van der Waals surface area contributed by atoms with Crippen LogP contribution in [-0.4, -0.2) is 25.7 Å². The van der Waals surface area contributed by atoms with Gasteiger partial charge in [0, 0.05) is 18.8 Å². The minimum absolute atomic E-state index is 0.239. The highest BCUT2D eigenvalue weighted by molar-refractivity contribution is 7.89. The Morgan fingerprint density at radius 1 is 1.00 bits per heavy atom. The van der Waals surface area contributed by atoms with Gasteiger partial charge in [0.05, 0.1) is 4.90 Å². The highest BCUT2D eigenvalue weighted by atomic mass is 32.2. The molecule has 6 heteroatoms. The van der Waals surface area contributed by atoms with E-state index in [1.165, 1.54) is 22.0 Å². The van der Waals surface area contributed by atoms with E-state index in [4.69, 9.17) is 0 Å². The summed E-state index contributed by atoms with van der Waals surface area (Å²) < 4.78 is 26.9. The molecule has 2 aromatic rings. The molecule has 3 rings (SSSR count). The molecule has 22 heavy (non-hydrogen) atoms. The summed E-state index contributed by atoms with van der Waals surface area (Å²) in [4.78, 5) is 10.6. The number of hydrogen-bond donors (Lipinski definition) is 1. The summed E-state index contributed by atoms with van der Waals surface area (Å²) in [5.41, 5.74) is 2.83. The van der Waals surface area contributed by atoms with E-state index in [0.29, 0.717) is 25.2 Å². The zero-order chi connectivity index (χ0) is 15.6. The Morgan fingerprint density at radius 3 is 2.36 bits per heavy atom. The molecule has 2 aromatic carbocycles. The molecule has 0 fully saturated rings. The number of hydrogen-bond acceptors (Lipinski definition) is 3. The second-order valence-electron chi connectivity index (χ2n) is 5.14. The molecule has 0 saturated carbocycles. The van der Waals surface area contributed by atoms with Crippen molar-refractivity contribution in [1.82, 2.24) is 4.31 Å². The van der Waals surface area contributed by atoms with Crippen LogP contribution in [0.1, 0.15) is 11.1 Å². The van der Waals surface area contributed by atoms with Crippen LogP contribution in [-0.2, 0) is 27.8 Å². The number of nitrogens with zero attached hydrogens (tertiary/aromatic N) is 1. The molecular weight excluding hydrogens is 300 g/mol. The molecule has 1 N–H and O–H groups in total. The predicted octanol–water partition coefficient (Wildman–Crippen LogP) is 2.00. The van der Waals surface area contributed by atoms with Crippen LogP contribution in [0.5, 0.6) is 0 Å². The zero-order valence-corrected chi connectivity index (χ0v) is 12.7. The van der Waals surface area contributed by atoms with Crippen molar-refractivity contribution in [3.05, 3.63) is 59.7 Å². The molecular formula is C16H16N2O3S. The van der Waals surface area contributed by atoms with Crippen LogP contribution in [0.3, 0.4) is 0 Å². The largest absolute Gasteiger partial charge is 0.329 e. The van der Waals surface area contributed by atoms with Crippen molar-refractivity contribution < 1.29 is 13.2 Å². The Morgan fingerprint density at radius 2 is 1.68 bits per heavy atom. The fourth-order valence-electron chi connectivity index (χ4n) is 2.62. The summed E-state index contributed by atoms with van der Waals surface area (Å²) in [6, 6.07) is 14.1. The first-order valence-corrected chi connectivity index (χ1v) is 8.42. The lowest BCUT2D eigenvalue weighted by atomic mass is 10.0. The van der Waals surface area contributed by atoms with E-state index in [0.717, 1.165) is 12.0 Å². The molecule has 5 nitrogen and oxygen atoms in total. The Hall–Kier alpha value is -2.18. The Labute approximate surface area is 129 Å². The van der Waals surface area contributed by atoms with Crippen LogP contribution >= 0.6 is 0 Å². The fourth-order valence-corrected chi connectivity index (χ4v) is 4.03. The van der Waals surface area contributed by atoms with Crippen LogP contribution in [0, 0.1) is 0 Å². The number of amides is 1. The molecule has 0 saturated heterocycles. The van der Waals surface area contributed by atoms with Gasteiger partial charge in [-0.3, -0.25) is 4.79 Å². The van der Waals surface area contributed by atoms with Gasteiger partial charge >= 0.3 is 0 Å². The Balaban J connectivity index is 1.86. The normalized spacial score (nSPS) is 15.1. The molecule has 1 heterocycles. The maximum atomic E-state index is 12.7. The topological polar surface area (TPSA) is 66.5 Å². The van der Waals surface area contributed by atoms with Gasteiger partial charge in [-0.15, -0.1) is 0 Å². The van der Waals surface area contributed by atoms with Crippen molar-refractivity contribution in [2.75, 3.05) is 11.9 Å². The molecule has 1 amide bonds. The van der Waals surface area contributed by atoms with Gasteiger partial charge in [0.15, 0.2) is 0 Å². The highest BCUT2D eigenvalue weighted by Gasteiger charge is 2.27. The van der Waals surface area contributed by atoms with Crippen molar-refractivity contribution in [3.8, 4) is 0 Å². The van der Waals surface area contributed by atoms with Crippen molar-refractivity contribution in [1.29, 1.82) is 0 Å².